The first kappa shape index (κ1) is 74.3. The molecule has 0 radical (unpaired) electrons. The quantitative estimate of drug-likeness (QED) is 0.0279. The molecule has 0 spiro atoms. The standard InChI is InChI=1S/C34H54O7.C30H50O4.C4H4O3.CH4/c1-6-7-8-9-13-16-23-39-24-17-14-11-10-12-15-18-29(35)34(5)22-21-28-27(4)32(25(2)26(3)33(28)41-34)40-31(38)20-19-30(36)37;1-6-7-8-9-13-16-21-33-22-17-14-11-10-12-15-18-27(31)30(5)20-19-26-25(4)28(32)23(2)24(3)29(26)34-30;5-3-1-2-4(6)7-3;/h6-24H2,1-5H3,(H,36,37);32H,6-22H2,1-5H3;1-2H2;1H4. The lowest BCUT2D eigenvalue weighted by Crippen LogP contribution is -2.44. The molecule has 2 aromatic rings. The van der Waals surface area contributed by atoms with Gasteiger partial charge in [-0.1, -0.05) is 137 Å². The predicted molar refractivity (Wildman–Crippen MR) is 330 cm³/mol. The maximum Gasteiger partial charge on any atom is 0.314 e. The number of ketones is 2. The number of Topliss-reactive ketones (excluding diaryl/α,β-unsaturated/α-hetero) is 2. The third-order valence-corrected chi connectivity index (χ3v) is 16.9. The lowest BCUT2D eigenvalue weighted by atomic mass is 9.84. The number of carboxylic acids is 1. The molecule has 0 amide bonds. The molecular formula is C69H112O14. The van der Waals surface area contributed by atoms with Crippen molar-refractivity contribution in [3.8, 4) is 23.0 Å². The summed E-state index contributed by atoms with van der Waals surface area (Å²) in [6, 6.07) is 0. The number of hydrogen-bond donors (Lipinski definition) is 2. The monoisotopic (exact) mass is 1160 g/mol. The minimum atomic E-state index is -1.03. The van der Waals surface area contributed by atoms with Gasteiger partial charge in [0.1, 0.15) is 23.0 Å². The predicted octanol–water partition coefficient (Wildman–Crippen LogP) is 16.7. The summed E-state index contributed by atoms with van der Waals surface area (Å²) in [4.78, 5) is 69.3. The Hall–Kier alpha value is -4.82. The second kappa shape index (κ2) is 40.5. The number of phenols is 1. The van der Waals surface area contributed by atoms with Gasteiger partial charge in [-0.3, -0.25) is 28.8 Å². The van der Waals surface area contributed by atoms with E-state index in [1.165, 1.54) is 109 Å². The normalized spacial score (nSPS) is 16.8. The zero-order chi connectivity index (χ0) is 60.5. The Morgan fingerprint density at radius 1 is 0.458 bits per heavy atom. The summed E-state index contributed by atoms with van der Waals surface area (Å²) in [6.07, 6.45) is 32.9. The van der Waals surface area contributed by atoms with Crippen molar-refractivity contribution in [2.24, 2.45) is 0 Å². The number of carbonyl (C=O) groups is 6. The molecule has 2 atom stereocenters. The van der Waals surface area contributed by atoms with Gasteiger partial charge in [0.2, 0.25) is 0 Å². The average molecular weight is 1170 g/mol. The minimum Gasteiger partial charge on any atom is -0.507 e. The highest BCUT2D eigenvalue weighted by Gasteiger charge is 2.41. The fourth-order valence-corrected chi connectivity index (χ4v) is 10.9. The lowest BCUT2D eigenvalue weighted by molar-refractivity contribution is -0.152. The van der Waals surface area contributed by atoms with E-state index in [4.69, 9.17) is 28.8 Å². The molecule has 2 aromatic carbocycles. The van der Waals surface area contributed by atoms with Gasteiger partial charge in [0.15, 0.2) is 22.8 Å². The van der Waals surface area contributed by atoms with E-state index in [2.05, 4.69) is 18.6 Å². The molecule has 3 heterocycles. The zero-order valence-corrected chi connectivity index (χ0v) is 52.7. The molecule has 0 aromatic heterocycles. The first-order chi connectivity index (χ1) is 39.2. The number of carbonyl (C=O) groups excluding carboxylic acids is 5. The summed E-state index contributed by atoms with van der Waals surface area (Å²) in [6.45, 7) is 23.4. The summed E-state index contributed by atoms with van der Waals surface area (Å²) >= 11 is 0. The molecule has 83 heavy (non-hydrogen) atoms. The Labute approximate surface area is 501 Å². The Kier molecular flexibility index (Phi) is 36.2. The molecule has 5 rings (SSSR count). The van der Waals surface area contributed by atoms with E-state index in [9.17, 15) is 33.9 Å². The summed E-state index contributed by atoms with van der Waals surface area (Å²) in [5, 5.41) is 19.2. The van der Waals surface area contributed by atoms with Crippen LogP contribution in [0.2, 0.25) is 0 Å². The number of rotatable bonds is 38. The molecular weight excluding hydrogens is 1050 g/mol. The van der Waals surface area contributed by atoms with Gasteiger partial charge in [-0.25, -0.2) is 0 Å². The molecule has 1 saturated heterocycles. The molecule has 14 nitrogen and oxygen atoms in total. The fourth-order valence-electron chi connectivity index (χ4n) is 10.9. The van der Waals surface area contributed by atoms with E-state index in [0.29, 0.717) is 49.4 Å². The topological polar surface area (TPSA) is 198 Å². The van der Waals surface area contributed by atoms with Crippen LogP contribution in [0.1, 0.15) is 285 Å². The maximum atomic E-state index is 13.2. The van der Waals surface area contributed by atoms with Crippen molar-refractivity contribution in [1.82, 2.24) is 0 Å². The van der Waals surface area contributed by atoms with Crippen LogP contribution in [0.15, 0.2) is 0 Å². The van der Waals surface area contributed by atoms with Gasteiger partial charge in [0.05, 0.1) is 25.7 Å². The molecule has 0 bridgehead atoms. The number of unbranched alkanes of at least 4 members (excludes halogenated alkanes) is 20. The number of cyclic esters (lactones) is 2. The van der Waals surface area contributed by atoms with Gasteiger partial charge in [-0.05, 0) is 153 Å². The van der Waals surface area contributed by atoms with Crippen molar-refractivity contribution in [3.63, 3.8) is 0 Å². The molecule has 3 aliphatic heterocycles. The molecule has 0 aliphatic carbocycles. The third kappa shape index (κ3) is 26.1. The van der Waals surface area contributed by atoms with Crippen LogP contribution in [0.25, 0.3) is 0 Å². The molecule has 14 heteroatoms. The van der Waals surface area contributed by atoms with Crippen LogP contribution < -0.4 is 14.2 Å². The number of benzene rings is 2. The average Bonchev–Trinajstić information content (AvgIpc) is 4.01. The number of aromatic hydroxyl groups is 1. The van der Waals surface area contributed by atoms with Crippen molar-refractivity contribution in [3.05, 3.63) is 44.5 Å². The third-order valence-electron chi connectivity index (χ3n) is 16.9. The number of phenolic OH excluding ortho intramolecular Hbond substituents is 1. The number of fused-ring (bicyclic) bond motifs is 2. The summed E-state index contributed by atoms with van der Waals surface area (Å²) in [7, 11) is 0. The van der Waals surface area contributed by atoms with E-state index in [1.54, 1.807) is 0 Å². The van der Waals surface area contributed by atoms with Crippen molar-refractivity contribution in [2.45, 2.75) is 306 Å². The summed E-state index contributed by atoms with van der Waals surface area (Å²) in [5.74, 6) is 0.322. The van der Waals surface area contributed by atoms with Crippen molar-refractivity contribution in [1.29, 1.82) is 0 Å². The Bertz CT molecular complexity index is 2300. The maximum absolute atomic E-state index is 13.2. The van der Waals surface area contributed by atoms with Crippen LogP contribution in [0.5, 0.6) is 23.0 Å². The van der Waals surface area contributed by atoms with Crippen molar-refractivity contribution >= 4 is 35.4 Å². The zero-order valence-electron chi connectivity index (χ0n) is 52.7. The summed E-state index contributed by atoms with van der Waals surface area (Å²) in [5.41, 5.74) is 5.53. The first-order valence-electron chi connectivity index (χ1n) is 31.9. The van der Waals surface area contributed by atoms with E-state index in [0.717, 1.165) is 128 Å². The van der Waals surface area contributed by atoms with E-state index in [1.807, 2.05) is 55.4 Å². The second-order valence-electron chi connectivity index (χ2n) is 23.8. The molecule has 1 fully saturated rings. The smallest absolute Gasteiger partial charge is 0.314 e. The van der Waals surface area contributed by atoms with Gasteiger partial charge in [-0.15, -0.1) is 0 Å². The van der Waals surface area contributed by atoms with Gasteiger partial charge in [0, 0.05) is 50.4 Å². The minimum absolute atomic E-state index is 0. The highest BCUT2D eigenvalue weighted by molar-refractivity contribution is 5.92. The highest BCUT2D eigenvalue weighted by Crippen LogP contribution is 2.46. The number of hydrogen-bond acceptors (Lipinski definition) is 13. The van der Waals surface area contributed by atoms with Crippen molar-refractivity contribution in [2.75, 3.05) is 26.4 Å². The molecule has 3 aliphatic rings. The number of esters is 3. The Morgan fingerprint density at radius 2 is 0.819 bits per heavy atom. The van der Waals surface area contributed by atoms with Gasteiger partial charge in [0.25, 0.3) is 0 Å². The fraction of sp³-hybridized carbons (Fsp3) is 0.739. The van der Waals surface area contributed by atoms with Gasteiger partial charge < -0.3 is 38.6 Å². The molecule has 2 N–H and O–H groups in total. The Balaban J connectivity index is 0.000000506. The van der Waals surface area contributed by atoms with Crippen LogP contribution in [0.4, 0.5) is 0 Å². The number of carboxylic acid groups (broad SMARTS) is 1. The largest absolute Gasteiger partial charge is 0.507 e. The van der Waals surface area contributed by atoms with E-state index >= 15 is 0 Å². The summed E-state index contributed by atoms with van der Waals surface area (Å²) < 4.78 is 33.9. The van der Waals surface area contributed by atoms with E-state index in [-0.39, 0.29) is 44.7 Å². The van der Waals surface area contributed by atoms with E-state index < -0.39 is 35.1 Å². The molecule has 472 valence electrons. The first-order valence-corrected chi connectivity index (χ1v) is 31.9. The number of aliphatic carboxylic acids is 1. The van der Waals surface area contributed by atoms with Crippen LogP contribution in [-0.2, 0) is 55.8 Å². The second-order valence-corrected chi connectivity index (χ2v) is 23.8. The molecule has 0 saturated carbocycles. The SMILES string of the molecule is C.CCCCCCCCOCCCCCCCCC(=O)C1(C)CCc2c(C)c(O)c(C)c(C)c2O1.CCCCCCCCOCCCCCCCCC(=O)C1(C)CCc2c(C)c(OC(=O)CCC(=O)O)c(C)c(C)c2O1.O=C1CCC(=O)O1. The van der Waals surface area contributed by atoms with Crippen LogP contribution in [-0.4, -0.2) is 83.3 Å². The van der Waals surface area contributed by atoms with Crippen molar-refractivity contribution < 1.29 is 67.4 Å². The number of ether oxygens (including phenoxy) is 6. The van der Waals surface area contributed by atoms with Crippen LogP contribution in [0.3, 0.4) is 0 Å². The lowest BCUT2D eigenvalue weighted by Gasteiger charge is -2.37. The molecule has 2 unspecified atom stereocenters. The van der Waals surface area contributed by atoms with Gasteiger partial charge in [-0.2, -0.15) is 0 Å². The van der Waals surface area contributed by atoms with Gasteiger partial charge >= 0.3 is 23.9 Å². The van der Waals surface area contributed by atoms with Crippen LogP contribution >= 0.6 is 0 Å². The van der Waals surface area contributed by atoms with Crippen LogP contribution in [0, 0.1) is 41.5 Å². The highest BCUT2D eigenvalue weighted by atomic mass is 16.6. The Morgan fingerprint density at radius 3 is 1.19 bits per heavy atom.